The summed E-state index contributed by atoms with van der Waals surface area (Å²) in [7, 11) is 0. The van der Waals surface area contributed by atoms with Gasteiger partial charge in [0.2, 0.25) is 13.4 Å². The van der Waals surface area contributed by atoms with Gasteiger partial charge in [0, 0.05) is 32.9 Å². The lowest BCUT2D eigenvalue weighted by molar-refractivity contribution is 0.281. The molecule has 0 atom stereocenters. The highest BCUT2D eigenvalue weighted by Gasteiger charge is 2.56. The molecular weight excluding hydrogens is 588 g/mol. The average molecular weight is 629 g/mol. The molecule has 15 rings (SSSR count). The first-order valence-corrected chi connectivity index (χ1v) is 19.5. The Morgan fingerprint density at radius 2 is 1.16 bits per heavy atom. The molecule has 3 heteroatoms. The topological polar surface area (TPSA) is 4.93 Å². The number of hydrogen-bond donors (Lipinski definition) is 0. The smallest absolute Gasteiger partial charge is 0.247 e. The maximum absolute atomic E-state index is 2.89. The monoisotopic (exact) mass is 629 g/mol. The fraction of sp³-hybridized carbons (Fsp3) is 0.348. The van der Waals surface area contributed by atoms with Gasteiger partial charge in [-0.3, -0.25) is 0 Å². The van der Waals surface area contributed by atoms with Gasteiger partial charge in [0.05, 0.1) is 0 Å². The van der Waals surface area contributed by atoms with Gasteiger partial charge < -0.3 is 4.57 Å². The molecule has 236 valence electrons. The van der Waals surface area contributed by atoms with Crippen molar-refractivity contribution >= 4 is 68.0 Å². The van der Waals surface area contributed by atoms with Crippen molar-refractivity contribution in [3.05, 3.63) is 111 Å². The molecule has 4 bridgehead atoms. The summed E-state index contributed by atoms with van der Waals surface area (Å²) in [5.41, 5.74) is 29.0. The van der Waals surface area contributed by atoms with Crippen molar-refractivity contribution in [1.82, 2.24) is 4.57 Å². The van der Waals surface area contributed by atoms with Crippen LogP contribution >= 0.6 is 0 Å². The standard InChI is InChI=1S/C46H41B2N/c1-23-19-35-45-36(20-23)48-40-26(4)9-6-10-34(40)46-17-15-28(16-18-46)31-22-33-32-21-30-27-11-13-29(14-12-27)37(30)41(43(32)49(45)44(33)42(48)38(31)46)47(35)39-24(2)7-5-8-25(39)3/h5-10,19-22,27-29H,11-18H2,1-4H3. The summed E-state index contributed by atoms with van der Waals surface area (Å²) in [5.74, 6) is 2.12. The van der Waals surface area contributed by atoms with E-state index in [0.29, 0.717) is 18.5 Å². The van der Waals surface area contributed by atoms with Crippen molar-refractivity contribution in [2.45, 2.75) is 102 Å². The van der Waals surface area contributed by atoms with E-state index in [1.165, 1.54) is 79.3 Å². The van der Waals surface area contributed by atoms with Crippen LogP contribution in [0.1, 0.15) is 119 Å². The van der Waals surface area contributed by atoms with Crippen LogP contribution in [0.25, 0.3) is 27.5 Å². The van der Waals surface area contributed by atoms with Crippen LogP contribution in [0.5, 0.6) is 0 Å². The number of aromatic nitrogens is 1. The van der Waals surface area contributed by atoms with Gasteiger partial charge in [0.1, 0.15) is 0 Å². The van der Waals surface area contributed by atoms with Crippen LogP contribution in [0.4, 0.5) is 0 Å². The van der Waals surface area contributed by atoms with Crippen molar-refractivity contribution in [2.75, 3.05) is 0 Å². The fourth-order valence-corrected chi connectivity index (χ4v) is 13.9. The first-order chi connectivity index (χ1) is 23.9. The number of benzene rings is 5. The van der Waals surface area contributed by atoms with E-state index in [0.717, 1.165) is 5.92 Å². The van der Waals surface area contributed by atoms with Crippen LogP contribution in [0, 0.1) is 27.7 Å². The molecule has 0 radical (unpaired) electrons. The Hall–Kier alpha value is -3.97. The third-order valence-corrected chi connectivity index (χ3v) is 15.5. The molecule has 1 nitrogen and oxygen atoms in total. The van der Waals surface area contributed by atoms with Crippen molar-refractivity contribution in [3.8, 4) is 5.69 Å². The molecule has 0 saturated heterocycles. The summed E-state index contributed by atoms with van der Waals surface area (Å²) in [6, 6.07) is 25.2. The second-order valence-corrected chi connectivity index (χ2v) is 17.6. The molecule has 0 unspecified atom stereocenters. The predicted molar refractivity (Wildman–Crippen MR) is 208 cm³/mol. The molecule has 1 aromatic heterocycles. The van der Waals surface area contributed by atoms with E-state index in [1.807, 2.05) is 0 Å². The Bertz CT molecular complexity index is 2570. The van der Waals surface area contributed by atoms with Crippen molar-refractivity contribution in [3.63, 3.8) is 0 Å². The van der Waals surface area contributed by atoms with E-state index in [9.17, 15) is 0 Å². The van der Waals surface area contributed by atoms with Gasteiger partial charge in [0.25, 0.3) is 0 Å². The van der Waals surface area contributed by atoms with Gasteiger partial charge >= 0.3 is 0 Å². The molecule has 3 aliphatic heterocycles. The largest absolute Gasteiger partial charge is 0.311 e. The van der Waals surface area contributed by atoms with Gasteiger partial charge in [-0.05, 0) is 159 Å². The van der Waals surface area contributed by atoms with Gasteiger partial charge in [-0.25, -0.2) is 0 Å². The molecule has 49 heavy (non-hydrogen) atoms. The third kappa shape index (κ3) is 2.82. The minimum Gasteiger partial charge on any atom is -0.311 e. The van der Waals surface area contributed by atoms with Crippen LogP contribution in [-0.2, 0) is 5.41 Å². The van der Waals surface area contributed by atoms with Gasteiger partial charge in [-0.1, -0.05) is 81.7 Å². The van der Waals surface area contributed by atoms with Crippen molar-refractivity contribution in [1.29, 1.82) is 0 Å². The maximum atomic E-state index is 2.89. The Morgan fingerprint density at radius 3 is 1.88 bits per heavy atom. The first-order valence-electron chi connectivity index (χ1n) is 19.5. The number of aryl methyl sites for hydroxylation is 4. The van der Waals surface area contributed by atoms with Gasteiger partial charge in [0.15, 0.2) is 0 Å². The SMILES string of the molecule is Cc1cc2c3c(c1)B1c4c(C)cccc4C45CCC(CC4)c4cc6c7cc8c(c(c7n-3c6c1c45)B2c1c(C)cccc1C)C1CCC8CC1. The summed E-state index contributed by atoms with van der Waals surface area (Å²) in [6.45, 7) is 10.1. The van der Waals surface area contributed by atoms with Crippen LogP contribution < -0.4 is 32.8 Å². The highest BCUT2D eigenvalue weighted by Crippen LogP contribution is 2.59. The molecule has 0 N–H and O–H groups in total. The number of hydrogen-bond acceptors (Lipinski definition) is 0. The molecule has 1 spiro atoms. The van der Waals surface area contributed by atoms with Crippen LogP contribution in [0.3, 0.4) is 0 Å². The Morgan fingerprint density at radius 1 is 0.592 bits per heavy atom. The minimum absolute atomic E-state index is 0.170. The Balaban J connectivity index is 1.32. The van der Waals surface area contributed by atoms with Crippen LogP contribution in [0.2, 0.25) is 0 Å². The maximum Gasteiger partial charge on any atom is 0.247 e. The number of fused-ring (bicyclic) bond motifs is 8. The number of rotatable bonds is 1. The molecule has 0 amide bonds. The van der Waals surface area contributed by atoms with E-state index < -0.39 is 0 Å². The fourth-order valence-electron chi connectivity index (χ4n) is 13.9. The van der Waals surface area contributed by atoms with Crippen LogP contribution in [0.15, 0.2) is 60.7 Å². The van der Waals surface area contributed by atoms with E-state index in [-0.39, 0.29) is 12.1 Å². The quantitative estimate of drug-likeness (QED) is 0.178. The highest BCUT2D eigenvalue weighted by atomic mass is 15.0. The molecule has 5 aromatic carbocycles. The zero-order valence-electron chi connectivity index (χ0n) is 29.3. The lowest BCUT2D eigenvalue weighted by Crippen LogP contribution is -2.69. The lowest BCUT2D eigenvalue weighted by atomic mass is 9.26. The molecule has 6 aromatic rings. The second-order valence-electron chi connectivity index (χ2n) is 17.6. The molecule has 6 aliphatic carbocycles. The van der Waals surface area contributed by atoms with Gasteiger partial charge in [-0.15, -0.1) is 0 Å². The normalized spacial score (nSPS) is 25.5. The minimum atomic E-state index is 0.170. The highest BCUT2D eigenvalue weighted by molar-refractivity contribution is 7.03. The summed E-state index contributed by atoms with van der Waals surface area (Å²) < 4.78 is 2.89. The van der Waals surface area contributed by atoms with Crippen molar-refractivity contribution < 1.29 is 0 Å². The predicted octanol–water partition coefficient (Wildman–Crippen LogP) is 6.70. The Kier molecular flexibility index (Phi) is 4.65. The molecule has 2 saturated carbocycles. The zero-order valence-corrected chi connectivity index (χ0v) is 29.3. The van der Waals surface area contributed by atoms with E-state index >= 15 is 0 Å². The molecular formula is C46H41B2N. The third-order valence-electron chi connectivity index (χ3n) is 15.5. The summed E-state index contributed by atoms with van der Waals surface area (Å²) in [4.78, 5) is 0. The second kappa shape index (κ2) is 8.48. The zero-order chi connectivity index (χ0) is 32.2. The molecule has 9 aliphatic rings. The Labute approximate surface area is 290 Å². The first kappa shape index (κ1) is 26.8. The number of nitrogens with zero attached hydrogens (tertiary/aromatic N) is 1. The lowest BCUT2D eigenvalue weighted by Gasteiger charge is -2.55. The average Bonchev–Trinajstić information content (AvgIpc) is 3.44. The van der Waals surface area contributed by atoms with Crippen molar-refractivity contribution in [2.24, 2.45) is 0 Å². The van der Waals surface area contributed by atoms with E-state index in [1.54, 1.807) is 82.4 Å². The van der Waals surface area contributed by atoms with Crippen LogP contribution in [-0.4, -0.2) is 18.0 Å². The molecule has 2 fully saturated rings. The van der Waals surface area contributed by atoms with Gasteiger partial charge in [-0.2, -0.15) is 0 Å². The molecule has 4 heterocycles. The van der Waals surface area contributed by atoms with E-state index in [4.69, 9.17) is 0 Å². The van der Waals surface area contributed by atoms with E-state index in [2.05, 4.69) is 92.9 Å². The summed E-state index contributed by atoms with van der Waals surface area (Å²) in [5, 5.41) is 3.13. The summed E-state index contributed by atoms with van der Waals surface area (Å²) in [6.07, 6.45) is 10.8. The summed E-state index contributed by atoms with van der Waals surface area (Å²) >= 11 is 0.